The van der Waals surface area contributed by atoms with Crippen LogP contribution in [0.2, 0.25) is 0 Å². The Morgan fingerprint density at radius 2 is 0.840 bits per heavy atom. The molecule has 0 aromatic rings. The van der Waals surface area contributed by atoms with Gasteiger partial charge in [0.2, 0.25) is 5.91 Å². The van der Waals surface area contributed by atoms with Crippen molar-refractivity contribution < 1.29 is 39.8 Å². The van der Waals surface area contributed by atoms with E-state index in [-0.39, 0.29) is 18.9 Å². The van der Waals surface area contributed by atoms with E-state index >= 15 is 0 Å². The maximum atomic E-state index is 13.0. The molecule has 1 saturated heterocycles. The van der Waals surface area contributed by atoms with Crippen molar-refractivity contribution in [2.24, 2.45) is 0 Å². The third-order valence-corrected chi connectivity index (χ3v) is 13.2. The lowest BCUT2D eigenvalue weighted by Crippen LogP contribution is -2.60. The number of carbonyl (C=O) groups is 1. The van der Waals surface area contributed by atoms with Crippen LogP contribution in [0.1, 0.15) is 219 Å². The van der Waals surface area contributed by atoms with Crippen LogP contribution in [0, 0.1) is 0 Å². The first-order chi connectivity index (χ1) is 36.8. The van der Waals surface area contributed by atoms with Gasteiger partial charge in [0.1, 0.15) is 24.4 Å². The summed E-state index contributed by atoms with van der Waals surface area (Å²) in [5.41, 5.74) is 0. The second kappa shape index (κ2) is 53.7. The molecule has 0 bridgehead atoms. The van der Waals surface area contributed by atoms with Crippen LogP contribution >= 0.6 is 0 Å². The predicted octanol–water partition coefficient (Wildman–Crippen LogP) is 15.3. The first-order valence-corrected chi connectivity index (χ1v) is 29.9. The number of aliphatic hydroxyl groups is 5. The summed E-state index contributed by atoms with van der Waals surface area (Å²) in [7, 11) is 0. The molecule has 0 aliphatic carbocycles. The number of ether oxygens (including phenoxy) is 2. The van der Waals surface area contributed by atoms with Crippen LogP contribution in [0.25, 0.3) is 0 Å². The lowest BCUT2D eigenvalue weighted by molar-refractivity contribution is -0.302. The van der Waals surface area contributed by atoms with Crippen LogP contribution < -0.4 is 5.32 Å². The highest BCUT2D eigenvalue weighted by atomic mass is 16.7. The summed E-state index contributed by atoms with van der Waals surface area (Å²) in [6, 6.07) is -0.864. The number of amides is 1. The monoisotopic (exact) mass is 1040 g/mol. The van der Waals surface area contributed by atoms with Gasteiger partial charge in [0, 0.05) is 6.42 Å². The molecule has 1 aliphatic heterocycles. The Hall–Kier alpha value is -3.67. The number of nitrogens with one attached hydrogen (secondary N) is 1. The zero-order chi connectivity index (χ0) is 54.3. The molecule has 0 spiro atoms. The molecule has 7 unspecified atom stereocenters. The van der Waals surface area contributed by atoms with Crippen molar-refractivity contribution in [3.05, 3.63) is 134 Å². The van der Waals surface area contributed by atoms with Gasteiger partial charge in [-0.1, -0.05) is 250 Å². The molecule has 0 radical (unpaired) electrons. The maximum absolute atomic E-state index is 13.0. The van der Waals surface area contributed by atoms with E-state index in [1.165, 1.54) is 109 Å². The number of aliphatic hydroxyl groups excluding tert-OH is 5. The summed E-state index contributed by atoms with van der Waals surface area (Å²) in [5.74, 6) is -0.249. The second-order valence-electron chi connectivity index (χ2n) is 20.0. The van der Waals surface area contributed by atoms with Crippen LogP contribution in [0.5, 0.6) is 0 Å². The fraction of sp³-hybridized carbons (Fsp3) is 0.652. The topological polar surface area (TPSA) is 149 Å². The minimum Gasteiger partial charge on any atom is -0.394 e. The number of carbonyl (C=O) groups excluding carboxylic acids is 1. The predicted molar refractivity (Wildman–Crippen MR) is 317 cm³/mol. The maximum Gasteiger partial charge on any atom is 0.220 e. The summed E-state index contributed by atoms with van der Waals surface area (Å²) in [6.45, 7) is 3.62. The zero-order valence-electron chi connectivity index (χ0n) is 47.2. The van der Waals surface area contributed by atoms with E-state index in [4.69, 9.17) is 9.47 Å². The van der Waals surface area contributed by atoms with Crippen molar-refractivity contribution >= 4 is 5.91 Å². The molecule has 426 valence electrons. The van der Waals surface area contributed by atoms with E-state index in [9.17, 15) is 30.3 Å². The van der Waals surface area contributed by atoms with Gasteiger partial charge in [0.05, 0.1) is 25.4 Å². The van der Waals surface area contributed by atoms with E-state index < -0.39 is 49.5 Å². The van der Waals surface area contributed by atoms with Gasteiger partial charge in [-0.3, -0.25) is 4.79 Å². The molecule has 75 heavy (non-hydrogen) atoms. The number of unbranched alkanes of at least 4 members (excludes halogenated alkanes) is 19. The standard InChI is InChI=1S/C66H109NO8/c1-3-5-7-9-11-13-15-17-19-21-23-25-27-28-29-30-31-32-34-36-38-40-42-44-46-48-50-52-54-56-62(70)67-59(58-74-66-65(73)64(72)63(71)61(57-68)75-66)60(69)55-53-51-49-47-45-43-41-39-37-35-33-26-24-22-20-18-16-14-12-10-8-6-4-2/h5,7,11,13,17,19,23,25,28-29,31-32,36,38,42,44-45,47-48,50,53,55,59-61,63-66,68-69,71-73H,3-4,6,8-10,12,14-16,18,20-22,24,26-27,30,33-35,37,39-41,43,46,49,51-52,54,56-58H2,1-2H3,(H,67,70)/b7-5-,13-11-,19-17-,25-23-,29-28-,32-31-,38-36-,44-42-,47-45+,50-48-,55-53+. The van der Waals surface area contributed by atoms with E-state index in [0.29, 0.717) is 6.42 Å². The van der Waals surface area contributed by atoms with Gasteiger partial charge in [0.15, 0.2) is 6.29 Å². The summed E-state index contributed by atoms with van der Waals surface area (Å²) in [5, 5.41) is 54.5. The molecular weight excluding hydrogens is 935 g/mol. The van der Waals surface area contributed by atoms with E-state index in [1.54, 1.807) is 6.08 Å². The largest absolute Gasteiger partial charge is 0.394 e. The molecule has 0 aromatic carbocycles. The molecule has 0 aromatic heterocycles. The molecule has 1 amide bonds. The Morgan fingerprint density at radius 1 is 0.467 bits per heavy atom. The highest BCUT2D eigenvalue weighted by molar-refractivity contribution is 5.76. The average molecular weight is 1040 g/mol. The summed E-state index contributed by atoms with van der Waals surface area (Å²) in [4.78, 5) is 13.0. The molecule has 1 aliphatic rings. The van der Waals surface area contributed by atoms with Gasteiger partial charge in [-0.05, 0) is 96.3 Å². The van der Waals surface area contributed by atoms with Crippen molar-refractivity contribution in [1.82, 2.24) is 5.32 Å². The number of hydrogen-bond acceptors (Lipinski definition) is 8. The van der Waals surface area contributed by atoms with Crippen LogP contribution in [-0.4, -0.2) is 87.5 Å². The van der Waals surface area contributed by atoms with Crippen molar-refractivity contribution in [3.63, 3.8) is 0 Å². The fourth-order valence-corrected chi connectivity index (χ4v) is 8.53. The average Bonchev–Trinajstić information content (AvgIpc) is 3.41. The molecule has 0 saturated carbocycles. The Kier molecular flexibility index (Phi) is 49.7. The molecule has 9 nitrogen and oxygen atoms in total. The van der Waals surface area contributed by atoms with Gasteiger partial charge in [-0.15, -0.1) is 0 Å². The Balaban J connectivity index is 2.32. The summed E-state index contributed by atoms with van der Waals surface area (Å²) >= 11 is 0. The van der Waals surface area contributed by atoms with Gasteiger partial charge < -0.3 is 40.3 Å². The van der Waals surface area contributed by atoms with Crippen molar-refractivity contribution in [1.29, 1.82) is 0 Å². The zero-order valence-corrected chi connectivity index (χ0v) is 47.2. The van der Waals surface area contributed by atoms with E-state index in [2.05, 4.69) is 141 Å². The number of rotatable bonds is 49. The van der Waals surface area contributed by atoms with Gasteiger partial charge in [-0.2, -0.15) is 0 Å². The Morgan fingerprint density at radius 3 is 1.28 bits per heavy atom. The minimum atomic E-state index is -1.59. The second-order valence-corrected chi connectivity index (χ2v) is 20.0. The number of allylic oxidation sites excluding steroid dienone is 21. The highest BCUT2D eigenvalue weighted by Gasteiger charge is 2.44. The molecule has 1 rings (SSSR count). The minimum absolute atomic E-state index is 0.233. The van der Waals surface area contributed by atoms with Crippen LogP contribution in [-0.2, 0) is 14.3 Å². The lowest BCUT2D eigenvalue weighted by Gasteiger charge is -2.40. The highest BCUT2D eigenvalue weighted by Crippen LogP contribution is 2.23. The molecule has 1 heterocycles. The van der Waals surface area contributed by atoms with Crippen molar-refractivity contribution in [2.75, 3.05) is 13.2 Å². The molecule has 7 atom stereocenters. The molecule has 6 N–H and O–H groups in total. The Labute approximate surface area is 458 Å². The quantitative estimate of drug-likeness (QED) is 0.0261. The third-order valence-electron chi connectivity index (χ3n) is 13.2. The molecule has 9 heteroatoms. The molecule has 1 fully saturated rings. The first kappa shape index (κ1) is 69.3. The fourth-order valence-electron chi connectivity index (χ4n) is 8.53. The number of hydrogen-bond donors (Lipinski definition) is 6. The third kappa shape index (κ3) is 43.1. The summed E-state index contributed by atoms with van der Waals surface area (Å²) < 4.78 is 11.2. The first-order valence-electron chi connectivity index (χ1n) is 29.9. The SMILES string of the molecule is CC/C=C\C/C=C\C/C=C\C/C=C\C/C=C\C/C=C\C/C=C\C/C=C\C/C=C\CCCC(=O)NC(COC1OC(CO)C(O)C(O)C1O)C(O)/C=C/CC/C=C/CCCCCCCCCCCCCCCCCCC. The van der Waals surface area contributed by atoms with Gasteiger partial charge >= 0.3 is 0 Å². The van der Waals surface area contributed by atoms with Crippen molar-refractivity contribution in [2.45, 2.75) is 262 Å². The normalized spacial score (nSPS) is 19.9. The van der Waals surface area contributed by atoms with Gasteiger partial charge in [0.25, 0.3) is 0 Å². The van der Waals surface area contributed by atoms with Crippen LogP contribution in [0.3, 0.4) is 0 Å². The van der Waals surface area contributed by atoms with E-state index in [0.717, 1.165) is 83.5 Å². The van der Waals surface area contributed by atoms with Gasteiger partial charge in [-0.25, -0.2) is 0 Å². The Bertz CT molecular complexity index is 1640. The van der Waals surface area contributed by atoms with Crippen LogP contribution in [0.4, 0.5) is 0 Å². The van der Waals surface area contributed by atoms with Crippen molar-refractivity contribution in [3.8, 4) is 0 Å². The lowest BCUT2D eigenvalue weighted by atomic mass is 9.99. The van der Waals surface area contributed by atoms with Crippen LogP contribution in [0.15, 0.2) is 134 Å². The summed E-state index contributed by atoms with van der Waals surface area (Å²) in [6.07, 6.45) is 75.2. The van der Waals surface area contributed by atoms with E-state index in [1.807, 2.05) is 6.08 Å². The molecular formula is C66H109NO8. The smallest absolute Gasteiger partial charge is 0.220 e.